The first-order chi connectivity index (χ1) is 23.2. The number of rotatable bonds is 10. The Balaban J connectivity index is 1.25. The average Bonchev–Trinajstić information content (AvgIpc) is 3.58. The van der Waals surface area contributed by atoms with E-state index in [-0.39, 0.29) is 37.6 Å². The number of carbonyl (C=O) groups is 4. The molecule has 3 amide bonds. The second kappa shape index (κ2) is 14.4. The summed E-state index contributed by atoms with van der Waals surface area (Å²) in [6, 6.07) is 15.0. The third-order valence-electron chi connectivity index (χ3n) is 8.61. The highest BCUT2D eigenvalue weighted by atomic mass is 16.6. The summed E-state index contributed by atoms with van der Waals surface area (Å²) >= 11 is 0. The highest BCUT2D eigenvalue weighted by Gasteiger charge is 2.39. The second-order valence-corrected chi connectivity index (χ2v) is 13.4. The molecule has 14 heteroatoms. The van der Waals surface area contributed by atoms with Crippen molar-refractivity contribution in [3.63, 3.8) is 0 Å². The number of carboxylic acid groups (broad SMARTS) is 1. The number of hydrogen-bond acceptors (Lipinski definition) is 8. The molecule has 0 unspecified atom stereocenters. The van der Waals surface area contributed by atoms with Crippen LogP contribution in [0.25, 0.3) is 11.1 Å². The molecule has 1 aliphatic carbocycles. The number of aliphatic carboxylic acids is 1. The lowest BCUT2D eigenvalue weighted by Gasteiger charge is -2.30. The Labute approximate surface area is 282 Å². The Morgan fingerprint density at radius 3 is 2.27 bits per heavy atom. The summed E-state index contributed by atoms with van der Waals surface area (Å²) in [4.78, 5) is 79.8. The molecule has 1 aromatic heterocycles. The maximum atomic E-state index is 13.2. The van der Waals surface area contributed by atoms with Crippen LogP contribution in [-0.2, 0) is 25.6 Å². The maximum Gasteiger partial charge on any atom is 0.410 e. The summed E-state index contributed by atoms with van der Waals surface area (Å²) in [5.41, 5.74) is 2.40. The van der Waals surface area contributed by atoms with Crippen molar-refractivity contribution in [3.05, 3.63) is 92.3 Å². The molecular weight excluding hydrogens is 634 g/mol. The number of amides is 3. The lowest BCUT2D eigenvalue weighted by Crippen LogP contribution is -2.45. The van der Waals surface area contributed by atoms with Crippen LogP contribution in [0.3, 0.4) is 0 Å². The number of nitrogens with one attached hydrogen (secondary N) is 2. The first kappa shape index (κ1) is 34.9. The molecule has 0 bridgehead atoms. The lowest BCUT2D eigenvalue weighted by molar-refractivity contribution is -0.144. The summed E-state index contributed by atoms with van der Waals surface area (Å²) in [5, 5.41) is 12.4. The molecule has 3 aromatic rings. The van der Waals surface area contributed by atoms with E-state index < -0.39 is 66.1 Å². The SMILES string of the molecule is Cc1cn(CC(=O)N(CC[C@@H]2C[C@H](NC(=O)OCC3c4ccccc4-c4ccccc43)CN2C(=O)OC(C)(C)C)CC(=O)O)c(=O)[nH]c1=O. The fraction of sp³-hybridized carbons (Fsp3) is 0.429. The molecule has 2 heterocycles. The molecule has 0 spiro atoms. The zero-order chi connectivity index (χ0) is 35.5. The van der Waals surface area contributed by atoms with Crippen molar-refractivity contribution in [3.8, 4) is 11.1 Å². The number of carbonyl (C=O) groups excluding carboxylic acids is 3. The molecule has 2 aliphatic rings. The average molecular weight is 676 g/mol. The van der Waals surface area contributed by atoms with Gasteiger partial charge in [-0.1, -0.05) is 48.5 Å². The van der Waals surface area contributed by atoms with Crippen LogP contribution in [0.5, 0.6) is 0 Å². The van der Waals surface area contributed by atoms with E-state index >= 15 is 0 Å². The number of carboxylic acids is 1. The number of H-pyrrole nitrogens is 1. The van der Waals surface area contributed by atoms with Crippen molar-refractivity contribution in [1.82, 2.24) is 24.7 Å². The van der Waals surface area contributed by atoms with Gasteiger partial charge in [0.25, 0.3) is 5.56 Å². The minimum absolute atomic E-state index is 0.0656. The Morgan fingerprint density at radius 2 is 1.65 bits per heavy atom. The number of hydrogen-bond donors (Lipinski definition) is 3. The largest absolute Gasteiger partial charge is 0.480 e. The van der Waals surface area contributed by atoms with Gasteiger partial charge in [-0.3, -0.25) is 23.9 Å². The predicted molar refractivity (Wildman–Crippen MR) is 178 cm³/mol. The maximum absolute atomic E-state index is 13.2. The van der Waals surface area contributed by atoms with E-state index in [0.29, 0.717) is 6.42 Å². The quantitative estimate of drug-likeness (QED) is 0.291. The van der Waals surface area contributed by atoms with E-state index in [9.17, 15) is 33.9 Å². The van der Waals surface area contributed by atoms with Gasteiger partial charge in [0.2, 0.25) is 5.91 Å². The normalized spacial score (nSPS) is 16.9. The molecule has 2 atom stereocenters. The first-order valence-electron chi connectivity index (χ1n) is 16.1. The number of fused-ring (bicyclic) bond motifs is 3. The van der Waals surface area contributed by atoms with Gasteiger partial charge >= 0.3 is 23.8 Å². The monoisotopic (exact) mass is 675 g/mol. The second-order valence-electron chi connectivity index (χ2n) is 13.4. The molecule has 1 saturated heterocycles. The number of ether oxygens (including phenoxy) is 2. The van der Waals surface area contributed by atoms with E-state index in [2.05, 4.69) is 10.3 Å². The van der Waals surface area contributed by atoms with Crippen molar-refractivity contribution in [1.29, 1.82) is 0 Å². The molecule has 1 aliphatic heterocycles. The fourth-order valence-electron chi connectivity index (χ4n) is 6.39. The number of aromatic nitrogens is 2. The highest BCUT2D eigenvalue weighted by Crippen LogP contribution is 2.44. The fourth-order valence-corrected chi connectivity index (χ4v) is 6.39. The van der Waals surface area contributed by atoms with Gasteiger partial charge in [-0.05, 0) is 62.8 Å². The van der Waals surface area contributed by atoms with Crippen LogP contribution in [-0.4, -0.2) is 92.4 Å². The van der Waals surface area contributed by atoms with Crippen LogP contribution >= 0.6 is 0 Å². The molecule has 0 radical (unpaired) electrons. The molecule has 260 valence electrons. The Hall–Kier alpha value is -5.40. The summed E-state index contributed by atoms with van der Waals surface area (Å²) in [7, 11) is 0. The molecule has 5 rings (SSSR count). The summed E-state index contributed by atoms with van der Waals surface area (Å²) < 4.78 is 12.3. The zero-order valence-electron chi connectivity index (χ0n) is 27.9. The van der Waals surface area contributed by atoms with E-state index in [4.69, 9.17) is 9.47 Å². The van der Waals surface area contributed by atoms with Gasteiger partial charge in [-0.25, -0.2) is 14.4 Å². The van der Waals surface area contributed by atoms with Crippen molar-refractivity contribution in [2.24, 2.45) is 0 Å². The topological polar surface area (TPSA) is 180 Å². The standard InChI is InChI=1S/C35H41N5O9/c1-21-16-39(32(45)37-31(21)44)18-29(41)38(19-30(42)43)14-13-23-15-22(17-40(23)34(47)49-35(2,3)4)36-33(46)48-20-28-26-11-7-5-9-24(26)25-10-6-8-12-27(25)28/h5-12,16,22-23,28H,13-15,17-20H2,1-4H3,(H,36,46)(H,42,43)(H,37,44,45)/t22-,23+/m0/s1. The van der Waals surface area contributed by atoms with E-state index in [0.717, 1.165) is 31.7 Å². The minimum atomic E-state index is -1.26. The molecule has 49 heavy (non-hydrogen) atoms. The van der Waals surface area contributed by atoms with E-state index in [1.165, 1.54) is 18.0 Å². The molecular formula is C35H41N5O9. The van der Waals surface area contributed by atoms with E-state index in [1.807, 2.05) is 48.5 Å². The van der Waals surface area contributed by atoms with Crippen molar-refractivity contribution < 1.29 is 33.8 Å². The number of likely N-dealkylation sites (tertiary alicyclic amines) is 1. The van der Waals surface area contributed by atoms with Crippen molar-refractivity contribution in [2.75, 3.05) is 26.2 Å². The van der Waals surface area contributed by atoms with Crippen molar-refractivity contribution in [2.45, 2.75) is 70.7 Å². The van der Waals surface area contributed by atoms with Gasteiger partial charge in [-0.15, -0.1) is 0 Å². The summed E-state index contributed by atoms with van der Waals surface area (Å²) in [5.74, 6) is -2.05. The third-order valence-corrected chi connectivity index (χ3v) is 8.61. The Morgan fingerprint density at radius 1 is 1.02 bits per heavy atom. The van der Waals surface area contributed by atoms with Gasteiger partial charge in [0.1, 0.15) is 25.3 Å². The van der Waals surface area contributed by atoms with Gasteiger partial charge < -0.3 is 29.7 Å². The molecule has 14 nitrogen and oxygen atoms in total. The van der Waals surface area contributed by atoms with Gasteiger partial charge in [0, 0.05) is 36.8 Å². The Bertz CT molecular complexity index is 1820. The van der Waals surface area contributed by atoms with Crippen LogP contribution in [0.15, 0.2) is 64.3 Å². The van der Waals surface area contributed by atoms with Crippen LogP contribution in [0.1, 0.15) is 56.2 Å². The minimum Gasteiger partial charge on any atom is -0.480 e. The molecule has 1 fully saturated rings. The molecule has 2 aromatic carbocycles. The first-order valence-corrected chi connectivity index (χ1v) is 16.1. The Kier molecular flexibility index (Phi) is 10.2. The predicted octanol–water partition coefficient (Wildman–Crippen LogP) is 3.07. The van der Waals surface area contributed by atoms with Crippen molar-refractivity contribution >= 4 is 24.1 Å². The summed E-state index contributed by atoms with van der Waals surface area (Å²) in [6.45, 7) is 5.71. The zero-order valence-corrected chi connectivity index (χ0v) is 27.9. The van der Waals surface area contributed by atoms with Gasteiger partial charge in [-0.2, -0.15) is 0 Å². The number of benzene rings is 2. The lowest BCUT2D eigenvalue weighted by atomic mass is 9.98. The molecule has 3 N–H and O–H groups in total. The van der Waals surface area contributed by atoms with Crippen LogP contribution in [0.2, 0.25) is 0 Å². The third kappa shape index (κ3) is 8.37. The van der Waals surface area contributed by atoms with Crippen LogP contribution in [0, 0.1) is 6.92 Å². The van der Waals surface area contributed by atoms with Gasteiger partial charge in [0.05, 0.1) is 6.04 Å². The highest BCUT2D eigenvalue weighted by molar-refractivity contribution is 5.81. The van der Waals surface area contributed by atoms with Crippen LogP contribution in [0.4, 0.5) is 9.59 Å². The van der Waals surface area contributed by atoms with E-state index in [1.54, 1.807) is 20.8 Å². The summed E-state index contributed by atoms with van der Waals surface area (Å²) in [6.07, 6.45) is 0.457. The number of alkyl carbamates (subject to hydrolysis) is 1. The smallest absolute Gasteiger partial charge is 0.410 e. The number of aromatic amines is 1. The van der Waals surface area contributed by atoms with Crippen LogP contribution < -0.4 is 16.6 Å². The number of nitrogens with zero attached hydrogens (tertiary/aromatic N) is 3. The molecule has 0 saturated carbocycles. The number of aryl methyl sites for hydroxylation is 1. The van der Waals surface area contributed by atoms with Gasteiger partial charge in [0.15, 0.2) is 0 Å².